The first-order valence-electron chi connectivity index (χ1n) is 11.1. The third-order valence-corrected chi connectivity index (χ3v) is 6.45. The summed E-state index contributed by atoms with van der Waals surface area (Å²) in [6, 6.07) is 11.3. The van der Waals surface area contributed by atoms with Gasteiger partial charge in [-0.05, 0) is 42.8 Å². The van der Waals surface area contributed by atoms with Gasteiger partial charge in [0.05, 0.1) is 19.0 Å². The average molecular weight is 468 g/mol. The van der Waals surface area contributed by atoms with Crippen molar-refractivity contribution in [3.8, 4) is 23.0 Å². The summed E-state index contributed by atoms with van der Waals surface area (Å²) in [6.07, 6.45) is 1.49. The highest BCUT2D eigenvalue weighted by atomic mass is 32.2. The van der Waals surface area contributed by atoms with Gasteiger partial charge in [-0.3, -0.25) is 4.79 Å². The summed E-state index contributed by atoms with van der Waals surface area (Å²) in [5, 5.41) is 9.47. The fourth-order valence-electron chi connectivity index (χ4n) is 3.80. The summed E-state index contributed by atoms with van der Waals surface area (Å²) < 4.78 is 24.7. The molecule has 0 unspecified atom stereocenters. The van der Waals surface area contributed by atoms with Crippen molar-refractivity contribution in [3.05, 3.63) is 53.3 Å². The van der Waals surface area contributed by atoms with Crippen LogP contribution in [0.3, 0.4) is 0 Å². The van der Waals surface area contributed by atoms with Gasteiger partial charge in [-0.1, -0.05) is 17.8 Å². The summed E-state index contributed by atoms with van der Waals surface area (Å²) in [5.74, 6) is 3.96. The molecule has 3 aromatic rings. The first-order valence-corrected chi connectivity index (χ1v) is 12.1. The van der Waals surface area contributed by atoms with E-state index < -0.39 is 0 Å². The minimum atomic E-state index is 0.00655. The molecule has 9 heteroatoms. The van der Waals surface area contributed by atoms with E-state index in [9.17, 15) is 4.79 Å². The Morgan fingerprint density at radius 2 is 1.61 bits per heavy atom. The van der Waals surface area contributed by atoms with Gasteiger partial charge >= 0.3 is 0 Å². The van der Waals surface area contributed by atoms with Gasteiger partial charge in [0.25, 0.3) is 0 Å². The maximum Gasteiger partial charge on any atom is 0.191 e. The number of carbonyl (C=O) groups excluding carboxylic acids is 1. The zero-order valence-corrected chi connectivity index (χ0v) is 19.2. The van der Waals surface area contributed by atoms with Crippen LogP contribution in [0, 0.1) is 0 Å². The molecule has 0 saturated carbocycles. The van der Waals surface area contributed by atoms with Gasteiger partial charge in [0.2, 0.25) is 0 Å². The van der Waals surface area contributed by atoms with Gasteiger partial charge in [-0.2, -0.15) is 0 Å². The van der Waals surface area contributed by atoms with Crippen LogP contribution in [0.2, 0.25) is 0 Å². The van der Waals surface area contributed by atoms with E-state index in [1.165, 1.54) is 11.8 Å². The number of thioether (sulfide) groups is 1. The summed E-state index contributed by atoms with van der Waals surface area (Å²) in [7, 11) is 0. The largest absolute Gasteiger partial charge is 0.490 e. The van der Waals surface area contributed by atoms with E-state index in [-0.39, 0.29) is 11.5 Å². The fourth-order valence-corrected chi connectivity index (χ4v) is 4.72. The lowest BCUT2D eigenvalue weighted by molar-refractivity contribution is 0.102. The molecule has 1 aromatic heterocycles. The van der Waals surface area contributed by atoms with E-state index >= 15 is 0 Å². The number of rotatable bonds is 7. The molecule has 0 atom stereocenters. The summed E-state index contributed by atoms with van der Waals surface area (Å²) in [6.45, 7) is 5.10. The van der Waals surface area contributed by atoms with Gasteiger partial charge in [-0.15, -0.1) is 10.2 Å². The van der Waals surface area contributed by atoms with Crippen LogP contribution in [-0.2, 0) is 13.0 Å². The fraction of sp³-hybridized carbons (Fsp3) is 0.375. The molecule has 0 spiro atoms. The number of benzene rings is 2. The molecule has 0 N–H and O–H groups in total. The maximum atomic E-state index is 12.8. The number of Topliss-reactive ketones (excluding diaryl/α,β-unsaturated/α-hetero) is 1. The predicted octanol–water partition coefficient (Wildman–Crippen LogP) is 3.80. The second-order valence-corrected chi connectivity index (χ2v) is 8.66. The highest BCUT2D eigenvalue weighted by Gasteiger charge is 2.18. The summed E-state index contributed by atoms with van der Waals surface area (Å²) in [5.41, 5.74) is 1.67. The zero-order valence-electron chi connectivity index (χ0n) is 18.4. The van der Waals surface area contributed by atoms with Crippen LogP contribution in [0.25, 0.3) is 0 Å². The lowest BCUT2D eigenvalue weighted by Gasteiger charge is -2.18. The van der Waals surface area contributed by atoms with Crippen molar-refractivity contribution >= 4 is 17.5 Å². The van der Waals surface area contributed by atoms with Crippen molar-refractivity contribution < 1.29 is 23.7 Å². The Kier molecular flexibility index (Phi) is 6.39. The van der Waals surface area contributed by atoms with Crippen LogP contribution in [0.15, 0.2) is 41.6 Å². The third kappa shape index (κ3) is 4.78. The minimum Gasteiger partial charge on any atom is -0.490 e. The summed E-state index contributed by atoms with van der Waals surface area (Å²) >= 11 is 1.39. The third-order valence-electron chi connectivity index (χ3n) is 5.48. The number of ether oxygens (including phenoxy) is 4. The van der Waals surface area contributed by atoms with Crippen LogP contribution in [0.4, 0.5) is 0 Å². The molecule has 0 saturated heterocycles. The number of fused-ring (bicyclic) bond motifs is 2. The molecule has 0 bridgehead atoms. The van der Waals surface area contributed by atoms with Crippen molar-refractivity contribution in [1.29, 1.82) is 0 Å². The number of carbonyl (C=O) groups is 1. The minimum absolute atomic E-state index is 0.00655. The first-order chi connectivity index (χ1) is 16.2. The van der Waals surface area contributed by atoms with Crippen LogP contribution in [-0.4, -0.2) is 52.7 Å². The molecule has 2 aliphatic rings. The lowest BCUT2D eigenvalue weighted by Crippen LogP contribution is -2.16. The molecule has 33 heavy (non-hydrogen) atoms. The molecule has 172 valence electrons. The molecule has 0 aliphatic carbocycles. The van der Waals surface area contributed by atoms with Crippen LogP contribution < -0.4 is 18.9 Å². The monoisotopic (exact) mass is 467 g/mol. The summed E-state index contributed by atoms with van der Waals surface area (Å²) in [4.78, 5) is 12.8. The number of ketones is 1. The Balaban J connectivity index is 1.26. The normalized spacial score (nSPS) is 14.6. The first kappa shape index (κ1) is 21.6. The number of aromatic nitrogens is 3. The van der Waals surface area contributed by atoms with Gasteiger partial charge in [0, 0.05) is 24.9 Å². The standard InChI is InChI=1S/C24H25N3O5S/c1-2-27-23(13-16-4-6-19-21(12-16)30-9-3-8-29-19)25-26-24(27)33-15-18(28)17-5-7-20-22(14-17)32-11-10-31-20/h4-7,12,14H,2-3,8-11,13,15H2,1H3. The highest BCUT2D eigenvalue weighted by Crippen LogP contribution is 2.32. The van der Waals surface area contributed by atoms with Crippen molar-refractivity contribution in [3.63, 3.8) is 0 Å². The maximum absolute atomic E-state index is 12.8. The second-order valence-electron chi connectivity index (χ2n) is 7.72. The van der Waals surface area contributed by atoms with Gasteiger partial charge in [-0.25, -0.2) is 0 Å². The van der Waals surface area contributed by atoms with Crippen LogP contribution in [0.5, 0.6) is 23.0 Å². The SMILES string of the molecule is CCn1c(Cc2ccc3c(c2)OCCCO3)nnc1SCC(=O)c1ccc2c(c1)OCCO2. The lowest BCUT2D eigenvalue weighted by atomic mass is 10.1. The van der Waals surface area contributed by atoms with E-state index in [0.717, 1.165) is 34.5 Å². The van der Waals surface area contributed by atoms with Gasteiger partial charge in [0.1, 0.15) is 19.0 Å². The molecule has 3 heterocycles. The Morgan fingerprint density at radius 1 is 0.909 bits per heavy atom. The van der Waals surface area contributed by atoms with Crippen molar-refractivity contribution in [2.45, 2.75) is 31.5 Å². The second kappa shape index (κ2) is 9.74. The van der Waals surface area contributed by atoms with E-state index in [0.29, 0.717) is 56.5 Å². The molecule has 0 fully saturated rings. The Morgan fingerprint density at radius 3 is 2.42 bits per heavy atom. The predicted molar refractivity (Wildman–Crippen MR) is 123 cm³/mol. The smallest absolute Gasteiger partial charge is 0.191 e. The molecule has 2 aromatic carbocycles. The van der Waals surface area contributed by atoms with Gasteiger partial charge < -0.3 is 23.5 Å². The van der Waals surface area contributed by atoms with Crippen LogP contribution >= 0.6 is 11.8 Å². The number of hydrogen-bond acceptors (Lipinski definition) is 8. The Labute approximate surface area is 196 Å². The van der Waals surface area contributed by atoms with E-state index in [1.54, 1.807) is 18.2 Å². The number of nitrogens with zero attached hydrogens (tertiary/aromatic N) is 3. The molecular weight excluding hydrogens is 442 g/mol. The average Bonchev–Trinajstić information content (AvgIpc) is 3.07. The Hall–Kier alpha value is -3.20. The van der Waals surface area contributed by atoms with E-state index in [1.807, 2.05) is 29.7 Å². The zero-order chi connectivity index (χ0) is 22.6. The number of hydrogen-bond donors (Lipinski definition) is 0. The Bertz CT molecular complexity index is 1160. The van der Waals surface area contributed by atoms with Crippen molar-refractivity contribution in [1.82, 2.24) is 14.8 Å². The molecule has 0 radical (unpaired) electrons. The highest BCUT2D eigenvalue weighted by molar-refractivity contribution is 7.99. The van der Waals surface area contributed by atoms with E-state index in [2.05, 4.69) is 10.2 Å². The molecular formula is C24H25N3O5S. The quantitative estimate of drug-likeness (QED) is 0.383. The van der Waals surface area contributed by atoms with Crippen LogP contribution in [0.1, 0.15) is 35.1 Å². The van der Waals surface area contributed by atoms with Gasteiger partial charge in [0.15, 0.2) is 33.9 Å². The topological polar surface area (TPSA) is 84.7 Å². The molecule has 8 nitrogen and oxygen atoms in total. The molecule has 5 rings (SSSR count). The van der Waals surface area contributed by atoms with Crippen molar-refractivity contribution in [2.75, 3.05) is 32.2 Å². The molecule has 0 amide bonds. The van der Waals surface area contributed by atoms with E-state index in [4.69, 9.17) is 18.9 Å². The van der Waals surface area contributed by atoms with Crippen molar-refractivity contribution in [2.24, 2.45) is 0 Å². The molecule has 2 aliphatic heterocycles.